The summed E-state index contributed by atoms with van der Waals surface area (Å²) in [5.41, 5.74) is 6.17. The van der Waals surface area contributed by atoms with Gasteiger partial charge in [-0.2, -0.15) is 10.5 Å². The van der Waals surface area contributed by atoms with E-state index in [-0.39, 0.29) is 17.7 Å². The fraction of sp³-hybridized carbons (Fsp3) is 0.125. The summed E-state index contributed by atoms with van der Waals surface area (Å²) < 4.78 is 7.98. The molecule has 1 saturated heterocycles. The highest BCUT2D eigenvalue weighted by molar-refractivity contribution is 8.18. The molecule has 0 saturated carbocycles. The number of ether oxygens (including phenoxy) is 1. The summed E-state index contributed by atoms with van der Waals surface area (Å²) in [6.45, 7) is 4.31. The molecule has 1 aliphatic heterocycles. The fourth-order valence-electron chi connectivity index (χ4n) is 4.65. The first kappa shape index (κ1) is 26.6. The SMILES string of the molecule is Cc1cc(/C=C2/SC(=O)N(Cc3ccccc3C#N)C2=O)c(C)n1-c1ccc(OCc2ccccc2C#N)cc1. The fourth-order valence-corrected chi connectivity index (χ4v) is 5.48. The Labute approximate surface area is 236 Å². The van der Waals surface area contributed by atoms with Crippen molar-refractivity contribution in [1.82, 2.24) is 9.47 Å². The molecule has 5 rings (SSSR count). The summed E-state index contributed by atoms with van der Waals surface area (Å²) in [7, 11) is 0. The number of hydrogen-bond acceptors (Lipinski definition) is 6. The van der Waals surface area contributed by atoms with Gasteiger partial charge in [-0.15, -0.1) is 0 Å². The van der Waals surface area contributed by atoms with Crippen LogP contribution >= 0.6 is 11.8 Å². The Morgan fingerprint density at radius 3 is 2.17 bits per heavy atom. The van der Waals surface area contributed by atoms with Crippen molar-refractivity contribution in [2.75, 3.05) is 0 Å². The van der Waals surface area contributed by atoms with Gasteiger partial charge in [-0.3, -0.25) is 14.5 Å². The second kappa shape index (κ2) is 11.4. The maximum atomic E-state index is 13.1. The molecule has 2 amide bonds. The van der Waals surface area contributed by atoms with Crippen LogP contribution in [0.25, 0.3) is 11.8 Å². The zero-order valence-corrected chi connectivity index (χ0v) is 22.7. The third-order valence-corrected chi connectivity index (χ3v) is 7.63. The molecule has 0 N–H and O–H groups in total. The summed E-state index contributed by atoms with van der Waals surface area (Å²) in [4.78, 5) is 27.4. The number of imide groups is 1. The molecule has 3 aromatic carbocycles. The monoisotopic (exact) mass is 544 g/mol. The molecule has 1 aromatic heterocycles. The minimum Gasteiger partial charge on any atom is -0.489 e. The average molecular weight is 545 g/mol. The predicted molar refractivity (Wildman–Crippen MR) is 153 cm³/mol. The van der Waals surface area contributed by atoms with E-state index in [0.717, 1.165) is 40.0 Å². The second-order valence-corrected chi connectivity index (χ2v) is 10.2. The predicted octanol–water partition coefficient (Wildman–Crippen LogP) is 6.65. The van der Waals surface area contributed by atoms with E-state index in [1.165, 1.54) is 4.90 Å². The van der Waals surface area contributed by atoms with Crippen LogP contribution in [-0.2, 0) is 17.9 Å². The standard InChI is InChI=1S/C32H24N4O3S/c1-21-15-27(16-30-31(37)35(32(38)40-30)19-25-9-5-3-7-23(25)17-33)22(2)36(21)28-11-13-29(14-12-28)39-20-26-10-6-4-8-24(26)18-34/h3-16H,19-20H2,1-2H3/b30-16+. The van der Waals surface area contributed by atoms with Crippen molar-refractivity contribution in [3.8, 4) is 23.6 Å². The number of thioether (sulfide) groups is 1. The van der Waals surface area contributed by atoms with Gasteiger partial charge in [-0.05, 0) is 85.3 Å². The first-order valence-corrected chi connectivity index (χ1v) is 13.3. The van der Waals surface area contributed by atoms with Gasteiger partial charge in [-0.1, -0.05) is 36.4 Å². The lowest BCUT2D eigenvalue weighted by atomic mass is 10.1. The van der Waals surface area contributed by atoms with Gasteiger partial charge in [0.1, 0.15) is 12.4 Å². The van der Waals surface area contributed by atoms with Crippen LogP contribution in [0.2, 0.25) is 0 Å². The number of amides is 2. The first-order valence-electron chi connectivity index (χ1n) is 12.5. The molecule has 40 heavy (non-hydrogen) atoms. The Morgan fingerprint density at radius 2 is 1.50 bits per heavy atom. The van der Waals surface area contributed by atoms with Crippen LogP contribution in [0, 0.1) is 36.5 Å². The molecule has 1 fully saturated rings. The Balaban J connectivity index is 1.33. The highest BCUT2D eigenvalue weighted by Gasteiger charge is 2.35. The van der Waals surface area contributed by atoms with E-state index >= 15 is 0 Å². The molecule has 0 spiro atoms. The number of nitrogens with zero attached hydrogens (tertiary/aromatic N) is 4. The molecule has 0 atom stereocenters. The third-order valence-electron chi connectivity index (χ3n) is 6.72. The topological polar surface area (TPSA) is 99.1 Å². The molecule has 0 aliphatic carbocycles. The number of carbonyl (C=O) groups excluding carboxylic acids is 2. The molecule has 7 nitrogen and oxygen atoms in total. The molecule has 0 unspecified atom stereocenters. The molecular formula is C32H24N4O3S. The normalized spacial score (nSPS) is 13.9. The second-order valence-electron chi connectivity index (χ2n) is 9.25. The van der Waals surface area contributed by atoms with E-state index < -0.39 is 0 Å². The van der Waals surface area contributed by atoms with E-state index in [9.17, 15) is 20.1 Å². The largest absolute Gasteiger partial charge is 0.489 e. The van der Waals surface area contributed by atoms with Crippen LogP contribution in [0.4, 0.5) is 4.79 Å². The highest BCUT2D eigenvalue weighted by Crippen LogP contribution is 2.35. The summed E-state index contributed by atoms with van der Waals surface area (Å²) in [6.07, 6.45) is 1.75. The zero-order valence-electron chi connectivity index (χ0n) is 21.9. The lowest BCUT2D eigenvalue weighted by Gasteiger charge is -2.13. The summed E-state index contributed by atoms with van der Waals surface area (Å²) in [6, 6.07) is 28.3. The van der Waals surface area contributed by atoms with Gasteiger partial charge in [0.2, 0.25) is 0 Å². The Bertz CT molecular complexity index is 1740. The molecule has 1 aliphatic rings. The maximum absolute atomic E-state index is 13.1. The van der Waals surface area contributed by atoms with Gasteiger partial charge in [0.25, 0.3) is 11.1 Å². The lowest BCUT2D eigenvalue weighted by molar-refractivity contribution is -0.123. The molecule has 4 aromatic rings. The maximum Gasteiger partial charge on any atom is 0.293 e. The van der Waals surface area contributed by atoms with Gasteiger partial charge < -0.3 is 9.30 Å². The van der Waals surface area contributed by atoms with Crippen LogP contribution in [0.1, 0.15) is 39.2 Å². The van der Waals surface area contributed by atoms with Crippen molar-refractivity contribution in [3.05, 3.63) is 123 Å². The summed E-state index contributed by atoms with van der Waals surface area (Å²) >= 11 is 0.907. The molecule has 8 heteroatoms. The van der Waals surface area contributed by atoms with E-state index in [2.05, 4.69) is 16.7 Å². The number of aromatic nitrogens is 1. The van der Waals surface area contributed by atoms with Gasteiger partial charge in [0.05, 0.1) is 34.7 Å². The van der Waals surface area contributed by atoms with E-state index in [1.807, 2.05) is 62.4 Å². The van der Waals surface area contributed by atoms with Gasteiger partial charge >= 0.3 is 0 Å². The van der Waals surface area contributed by atoms with Crippen LogP contribution in [0.3, 0.4) is 0 Å². The van der Waals surface area contributed by atoms with E-state index in [1.54, 1.807) is 36.4 Å². The van der Waals surface area contributed by atoms with Crippen molar-refractivity contribution < 1.29 is 14.3 Å². The quantitative estimate of drug-likeness (QED) is 0.242. The molecule has 0 bridgehead atoms. The number of aryl methyl sites for hydroxylation is 1. The summed E-state index contributed by atoms with van der Waals surface area (Å²) in [5, 5.41) is 18.3. The first-order chi connectivity index (χ1) is 19.4. The third kappa shape index (κ3) is 5.26. The average Bonchev–Trinajstić information content (AvgIpc) is 3.40. The van der Waals surface area contributed by atoms with Crippen molar-refractivity contribution in [2.24, 2.45) is 0 Å². The summed E-state index contributed by atoms with van der Waals surface area (Å²) in [5.74, 6) is 0.317. The number of carbonyl (C=O) groups is 2. The van der Waals surface area contributed by atoms with Crippen molar-refractivity contribution in [1.29, 1.82) is 10.5 Å². The van der Waals surface area contributed by atoms with Gasteiger partial charge in [0.15, 0.2) is 0 Å². The number of rotatable bonds is 7. The van der Waals surface area contributed by atoms with Crippen LogP contribution in [-0.4, -0.2) is 20.6 Å². The minimum absolute atomic E-state index is 0.0568. The Hall–Kier alpha value is -5.05. The Kier molecular flexibility index (Phi) is 7.54. The van der Waals surface area contributed by atoms with E-state index in [4.69, 9.17) is 4.74 Å². The number of hydrogen-bond donors (Lipinski definition) is 0. The van der Waals surface area contributed by atoms with Crippen molar-refractivity contribution in [3.63, 3.8) is 0 Å². The van der Waals surface area contributed by atoms with Crippen LogP contribution < -0.4 is 4.74 Å². The number of benzene rings is 3. The molecule has 0 radical (unpaired) electrons. The molecule has 196 valence electrons. The molecule has 2 heterocycles. The highest BCUT2D eigenvalue weighted by atomic mass is 32.2. The zero-order chi connectivity index (χ0) is 28.2. The van der Waals surface area contributed by atoms with Crippen LogP contribution in [0.5, 0.6) is 5.75 Å². The van der Waals surface area contributed by atoms with Gasteiger partial charge in [0, 0.05) is 22.6 Å². The van der Waals surface area contributed by atoms with Crippen molar-refractivity contribution >= 4 is 29.0 Å². The smallest absolute Gasteiger partial charge is 0.293 e. The Morgan fingerprint density at radius 1 is 0.875 bits per heavy atom. The van der Waals surface area contributed by atoms with Crippen LogP contribution in [0.15, 0.2) is 83.8 Å². The van der Waals surface area contributed by atoms with Gasteiger partial charge in [-0.25, -0.2) is 0 Å². The molecular weight excluding hydrogens is 520 g/mol. The number of nitriles is 2. The van der Waals surface area contributed by atoms with Crippen molar-refractivity contribution in [2.45, 2.75) is 27.0 Å². The minimum atomic E-state index is -0.369. The van der Waals surface area contributed by atoms with E-state index in [0.29, 0.717) is 34.0 Å². The lowest BCUT2D eigenvalue weighted by Crippen LogP contribution is -2.27.